The molecule has 14 heteroatoms. The number of hydrogen-bond donors (Lipinski definition) is 3. The number of rotatable bonds is 8. The van der Waals surface area contributed by atoms with Gasteiger partial charge in [-0.2, -0.15) is 0 Å². The van der Waals surface area contributed by atoms with Crippen LogP contribution in [0.4, 0.5) is 27.2 Å². The number of nitrogens with zero attached hydrogens (tertiary/aromatic N) is 2. The van der Waals surface area contributed by atoms with Gasteiger partial charge in [0.2, 0.25) is 0 Å². The molecule has 0 spiro atoms. The van der Waals surface area contributed by atoms with Crippen molar-refractivity contribution in [3.63, 3.8) is 0 Å². The predicted octanol–water partition coefficient (Wildman–Crippen LogP) is 5.66. The first-order valence-electron chi connectivity index (χ1n) is 17.3. The fraction of sp³-hybridized carbons (Fsp3) is 0.553. The van der Waals surface area contributed by atoms with Gasteiger partial charge in [-0.05, 0) is 114 Å². The Balaban J connectivity index is 0.000000233. The number of likely N-dealkylation sites (tertiary alicyclic amines) is 1. The van der Waals surface area contributed by atoms with Crippen molar-refractivity contribution in [3.05, 3.63) is 82.9 Å². The smallest absolute Gasteiger partial charge is 0.417 e. The number of aliphatic hydroxyl groups is 2. The van der Waals surface area contributed by atoms with Crippen LogP contribution in [0.3, 0.4) is 0 Å². The number of amides is 3. The first kappa shape index (κ1) is 40.8. The zero-order valence-electron chi connectivity index (χ0n) is 30.5. The van der Waals surface area contributed by atoms with Crippen LogP contribution in [0.5, 0.6) is 0 Å². The fourth-order valence-electron chi connectivity index (χ4n) is 6.68. The van der Waals surface area contributed by atoms with Gasteiger partial charge in [0.05, 0.1) is 24.3 Å². The lowest BCUT2D eigenvalue weighted by Crippen LogP contribution is -2.54. The maximum atomic E-state index is 13.4. The molecule has 4 N–H and O–H groups in total. The summed E-state index contributed by atoms with van der Waals surface area (Å²) in [5, 5.41) is 21.4. The molecule has 0 radical (unpaired) electrons. The fourth-order valence-corrected chi connectivity index (χ4v) is 6.68. The molecule has 52 heavy (non-hydrogen) atoms. The Hall–Kier alpha value is -4.01. The van der Waals surface area contributed by atoms with Gasteiger partial charge in [0.25, 0.3) is 5.91 Å². The van der Waals surface area contributed by atoms with Crippen molar-refractivity contribution in [2.45, 2.75) is 109 Å². The second kappa shape index (κ2) is 15.9. The minimum Gasteiger partial charge on any atom is -0.444 e. The van der Waals surface area contributed by atoms with Crippen molar-refractivity contribution in [1.82, 2.24) is 9.80 Å². The van der Waals surface area contributed by atoms with Gasteiger partial charge in [-0.1, -0.05) is 13.0 Å². The van der Waals surface area contributed by atoms with Gasteiger partial charge in [0.1, 0.15) is 34.5 Å². The van der Waals surface area contributed by atoms with E-state index in [1.807, 2.05) is 0 Å². The molecule has 2 heterocycles. The van der Waals surface area contributed by atoms with Crippen LogP contribution < -0.4 is 5.73 Å². The van der Waals surface area contributed by atoms with E-state index in [2.05, 4.69) is 0 Å². The number of carbonyl (C=O) groups is 3. The summed E-state index contributed by atoms with van der Waals surface area (Å²) in [6.45, 7) is 12.6. The molecule has 3 amide bonds. The summed E-state index contributed by atoms with van der Waals surface area (Å²) in [6, 6.07) is 4.28. The van der Waals surface area contributed by atoms with Crippen LogP contribution in [0.15, 0.2) is 48.6 Å². The number of piperidine rings is 1. The molecule has 1 saturated carbocycles. The van der Waals surface area contributed by atoms with Crippen LogP contribution >= 0.6 is 0 Å². The first-order valence-corrected chi connectivity index (χ1v) is 17.3. The summed E-state index contributed by atoms with van der Waals surface area (Å²) in [7, 11) is 0. The molecule has 8 atom stereocenters. The average molecular weight is 736 g/mol. The van der Waals surface area contributed by atoms with Gasteiger partial charge in [-0.15, -0.1) is 0 Å². The van der Waals surface area contributed by atoms with Crippen LogP contribution in [-0.4, -0.2) is 86.2 Å². The highest BCUT2D eigenvalue weighted by molar-refractivity contribution is 6.01. The minimum atomic E-state index is -1.11. The third-order valence-corrected chi connectivity index (χ3v) is 8.99. The van der Waals surface area contributed by atoms with Gasteiger partial charge in [-0.25, -0.2) is 32.1 Å². The van der Waals surface area contributed by atoms with E-state index in [9.17, 15) is 42.2 Å². The van der Waals surface area contributed by atoms with Gasteiger partial charge < -0.3 is 30.3 Å². The number of nitrogens with two attached hydrogens (primary N) is 1. The summed E-state index contributed by atoms with van der Waals surface area (Å²) < 4.78 is 64.0. The molecule has 2 fully saturated rings. The highest BCUT2D eigenvalue weighted by Crippen LogP contribution is 2.51. The van der Waals surface area contributed by atoms with Crippen LogP contribution in [0, 0.1) is 41.0 Å². The molecule has 0 aromatic heterocycles. The Kier molecular flexibility index (Phi) is 12.5. The quantitative estimate of drug-likeness (QED) is 0.295. The molecule has 1 unspecified atom stereocenters. The Morgan fingerprint density at radius 1 is 0.827 bits per heavy atom. The summed E-state index contributed by atoms with van der Waals surface area (Å²) in [5.74, 6) is -3.25. The van der Waals surface area contributed by atoms with E-state index < -0.39 is 88.8 Å². The molecular weight excluding hydrogens is 686 g/mol. The van der Waals surface area contributed by atoms with E-state index in [4.69, 9.17) is 15.2 Å². The Morgan fingerprint density at radius 2 is 1.31 bits per heavy atom. The summed E-state index contributed by atoms with van der Waals surface area (Å²) >= 11 is 0. The molecule has 5 rings (SSSR count). The largest absolute Gasteiger partial charge is 0.444 e. The first-order chi connectivity index (χ1) is 24.0. The lowest BCUT2D eigenvalue weighted by Gasteiger charge is -2.35. The molecule has 1 saturated heterocycles. The molecular formula is C38H49F4N3O7. The van der Waals surface area contributed by atoms with Crippen molar-refractivity contribution in [2.24, 2.45) is 23.5 Å². The number of aliphatic hydroxyl groups excluding tert-OH is 2. The topological polar surface area (TPSA) is 143 Å². The highest BCUT2D eigenvalue weighted by Gasteiger charge is 2.57. The molecule has 286 valence electrons. The van der Waals surface area contributed by atoms with Crippen molar-refractivity contribution in [1.29, 1.82) is 0 Å². The molecule has 3 aliphatic rings. The number of ether oxygens (including phenoxy) is 2. The second-order valence-corrected chi connectivity index (χ2v) is 15.9. The molecule has 0 bridgehead atoms. The van der Waals surface area contributed by atoms with E-state index in [0.29, 0.717) is 23.6 Å². The van der Waals surface area contributed by atoms with Crippen molar-refractivity contribution >= 4 is 18.1 Å². The Bertz CT molecular complexity index is 1620. The summed E-state index contributed by atoms with van der Waals surface area (Å²) in [6.07, 6.45) is 0.456. The van der Waals surface area contributed by atoms with Gasteiger partial charge in [0.15, 0.2) is 0 Å². The number of halogens is 4. The minimum absolute atomic E-state index is 0.117. The van der Waals surface area contributed by atoms with E-state index >= 15 is 0 Å². The monoisotopic (exact) mass is 735 g/mol. The van der Waals surface area contributed by atoms with Crippen LogP contribution in [-0.2, 0) is 27.1 Å². The van der Waals surface area contributed by atoms with Gasteiger partial charge in [-0.3, -0.25) is 4.79 Å². The number of benzene rings is 2. The number of hydrogen-bond acceptors (Lipinski definition) is 8. The molecule has 1 aliphatic carbocycles. The van der Waals surface area contributed by atoms with E-state index in [1.165, 1.54) is 36.4 Å². The molecule has 2 aromatic carbocycles. The number of carbonyl (C=O) groups excluding carboxylic acids is 3. The lowest BCUT2D eigenvalue weighted by atomic mass is 9.91. The Morgan fingerprint density at radius 3 is 1.81 bits per heavy atom. The average Bonchev–Trinajstić information content (AvgIpc) is 3.47. The molecule has 2 aromatic rings. The van der Waals surface area contributed by atoms with Gasteiger partial charge >= 0.3 is 12.2 Å². The van der Waals surface area contributed by atoms with Crippen molar-refractivity contribution in [2.75, 3.05) is 6.54 Å². The van der Waals surface area contributed by atoms with E-state index in [0.717, 1.165) is 23.5 Å². The van der Waals surface area contributed by atoms with Crippen molar-refractivity contribution < 1.29 is 51.6 Å². The van der Waals surface area contributed by atoms with Crippen LogP contribution in [0.1, 0.15) is 66.0 Å². The maximum Gasteiger partial charge on any atom is 0.417 e. The van der Waals surface area contributed by atoms with Gasteiger partial charge in [0, 0.05) is 30.8 Å². The second-order valence-electron chi connectivity index (χ2n) is 15.9. The predicted molar refractivity (Wildman–Crippen MR) is 184 cm³/mol. The summed E-state index contributed by atoms with van der Waals surface area (Å²) in [5.41, 5.74) is 5.47. The van der Waals surface area contributed by atoms with Crippen LogP contribution in [0.25, 0.3) is 0 Å². The van der Waals surface area contributed by atoms with Crippen LogP contribution in [0.2, 0.25) is 0 Å². The normalized spacial score (nSPS) is 23.3. The Labute approximate surface area is 301 Å². The zero-order valence-corrected chi connectivity index (χ0v) is 30.5. The SMILES string of the molecule is CC(C)(C)OC(=O)N1C[C@H]2CC2[C@@H]1[C@@H](O)[C@@H](N)Cc1cc(F)cc(F)c1.C[C@@H](Cc1cc(F)cc(F)c1)[C@H](O)[C@H]1C=CC(=O)N1C(=O)OC(C)(C)C. The number of fused-ring (bicyclic) bond motifs is 1. The molecule has 2 aliphatic heterocycles. The number of imide groups is 1. The van der Waals surface area contributed by atoms with E-state index in [1.54, 1.807) is 53.4 Å². The standard InChI is InChI=1S/C19H26F2N2O3.C19H23F2NO4/c1-19(2,3)26-18(25)23-9-11-7-14(11)16(23)17(24)15(22)6-10-4-12(20)8-13(21)5-10;1-11(7-12-8-13(20)10-14(21)9-12)17(24)15-5-6-16(23)22(15)18(25)26-19(2,3)4/h4-5,8,11,14-17,24H,6-7,9,22H2,1-3H3;5-6,8-11,15,17,24H,7H2,1-4H3/t11-,14?,15+,16-,17+;11-,15+,17-/m10/s1. The zero-order chi connectivity index (χ0) is 38.9. The highest BCUT2D eigenvalue weighted by atomic mass is 19.1. The van der Waals surface area contributed by atoms with E-state index in [-0.39, 0.29) is 18.8 Å². The lowest BCUT2D eigenvalue weighted by molar-refractivity contribution is -0.127. The third kappa shape index (κ3) is 10.8. The summed E-state index contributed by atoms with van der Waals surface area (Å²) in [4.78, 5) is 39.2. The van der Waals surface area contributed by atoms with Crippen molar-refractivity contribution in [3.8, 4) is 0 Å². The third-order valence-electron chi connectivity index (χ3n) is 8.99. The maximum absolute atomic E-state index is 13.4. The molecule has 10 nitrogen and oxygen atoms in total.